The maximum absolute atomic E-state index is 12.8. The molecule has 0 spiro atoms. The topological polar surface area (TPSA) is 94.1 Å². The Morgan fingerprint density at radius 2 is 2.04 bits per heavy atom. The lowest BCUT2D eigenvalue weighted by Gasteiger charge is -2.16. The number of aromatic nitrogens is 4. The van der Waals surface area contributed by atoms with Gasteiger partial charge in [0.15, 0.2) is 5.82 Å². The average Bonchev–Trinajstić information content (AvgIpc) is 3.36. The van der Waals surface area contributed by atoms with Crippen LogP contribution in [-0.4, -0.2) is 45.7 Å². The van der Waals surface area contributed by atoms with E-state index in [2.05, 4.69) is 15.2 Å². The third-order valence-corrected chi connectivity index (χ3v) is 6.02. The van der Waals surface area contributed by atoms with Crippen LogP contribution < -0.4 is 0 Å². The molecule has 9 heteroatoms. The van der Waals surface area contributed by atoms with Crippen LogP contribution in [0.25, 0.3) is 5.69 Å². The van der Waals surface area contributed by atoms with E-state index < -0.39 is 10.0 Å². The SMILES string of the molecule is O=S(=O)(c1ccc(-n2cccn2)cc1)N1CC[C@H](c2ncon2)C1. The standard InChI is InChI=1S/C15H15N5O3S/c21-24(22,19-9-6-12(10-19)15-16-11-23-18-15)14-4-2-13(3-5-14)20-8-1-7-17-20/h1-5,7-8,11-12H,6,9-10H2/t12-/m0/s1. The summed E-state index contributed by atoms with van der Waals surface area (Å²) in [5.74, 6) is 0.531. The van der Waals surface area contributed by atoms with Gasteiger partial charge in [0, 0.05) is 31.4 Å². The Kier molecular flexibility index (Phi) is 3.66. The zero-order chi connectivity index (χ0) is 16.6. The molecule has 24 heavy (non-hydrogen) atoms. The van der Waals surface area contributed by atoms with Crippen molar-refractivity contribution in [2.75, 3.05) is 13.1 Å². The zero-order valence-corrected chi connectivity index (χ0v) is 13.5. The molecule has 0 amide bonds. The molecular formula is C15H15N5O3S. The second kappa shape index (κ2) is 5.84. The van der Waals surface area contributed by atoms with Crippen LogP contribution in [0.4, 0.5) is 0 Å². The Labute approximate surface area is 138 Å². The largest absolute Gasteiger partial charge is 0.343 e. The van der Waals surface area contributed by atoms with Crippen molar-refractivity contribution in [3.05, 3.63) is 54.9 Å². The Morgan fingerprint density at radius 3 is 2.71 bits per heavy atom. The third kappa shape index (κ3) is 2.61. The molecule has 4 rings (SSSR count). The molecular weight excluding hydrogens is 330 g/mol. The van der Waals surface area contributed by atoms with E-state index in [-0.39, 0.29) is 10.8 Å². The molecule has 2 aromatic heterocycles. The van der Waals surface area contributed by atoms with Crippen LogP contribution in [0.15, 0.2) is 58.5 Å². The molecule has 8 nitrogen and oxygen atoms in total. The quantitative estimate of drug-likeness (QED) is 0.710. The highest BCUT2D eigenvalue weighted by Crippen LogP contribution is 2.29. The lowest BCUT2D eigenvalue weighted by atomic mass is 10.1. The number of hydrogen-bond donors (Lipinski definition) is 0. The normalized spacial score (nSPS) is 18.9. The highest BCUT2D eigenvalue weighted by atomic mass is 32.2. The molecule has 1 saturated heterocycles. The molecule has 0 radical (unpaired) electrons. The molecule has 0 unspecified atom stereocenters. The first-order valence-electron chi connectivity index (χ1n) is 7.51. The molecule has 1 aromatic carbocycles. The first kappa shape index (κ1) is 15.0. The van der Waals surface area contributed by atoms with Crippen LogP contribution in [0.1, 0.15) is 18.2 Å². The number of hydrogen-bond acceptors (Lipinski definition) is 6. The fourth-order valence-electron chi connectivity index (χ4n) is 2.86. The summed E-state index contributed by atoms with van der Waals surface area (Å²) in [7, 11) is -3.53. The van der Waals surface area contributed by atoms with Crippen molar-refractivity contribution in [2.24, 2.45) is 0 Å². The summed E-state index contributed by atoms with van der Waals surface area (Å²) in [6.07, 6.45) is 5.43. The van der Waals surface area contributed by atoms with Crippen molar-refractivity contribution >= 4 is 10.0 Å². The van der Waals surface area contributed by atoms with Crippen molar-refractivity contribution in [3.63, 3.8) is 0 Å². The van der Waals surface area contributed by atoms with Crippen LogP contribution >= 0.6 is 0 Å². The number of benzene rings is 1. The highest BCUT2D eigenvalue weighted by Gasteiger charge is 2.34. The number of rotatable bonds is 4. The van der Waals surface area contributed by atoms with E-state index in [1.54, 1.807) is 41.3 Å². The summed E-state index contributed by atoms with van der Waals surface area (Å²) in [5.41, 5.74) is 0.810. The van der Waals surface area contributed by atoms with E-state index in [9.17, 15) is 8.42 Å². The smallest absolute Gasteiger partial charge is 0.243 e. The maximum Gasteiger partial charge on any atom is 0.243 e. The van der Waals surface area contributed by atoms with Gasteiger partial charge in [0.1, 0.15) is 0 Å². The van der Waals surface area contributed by atoms with Gasteiger partial charge in [0.25, 0.3) is 0 Å². The number of sulfonamides is 1. The summed E-state index contributed by atoms with van der Waals surface area (Å²) in [6, 6.07) is 8.51. The van der Waals surface area contributed by atoms with E-state index in [4.69, 9.17) is 4.52 Å². The van der Waals surface area contributed by atoms with Crippen molar-refractivity contribution < 1.29 is 12.9 Å². The van der Waals surface area contributed by atoms with Crippen LogP contribution in [0.3, 0.4) is 0 Å². The zero-order valence-electron chi connectivity index (χ0n) is 12.7. The summed E-state index contributed by atoms with van der Waals surface area (Å²) in [4.78, 5) is 4.29. The maximum atomic E-state index is 12.8. The van der Waals surface area contributed by atoms with Crippen LogP contribution in [0.5, 0.6) is 0 Å². The van der Waals surface area contributed by atoms with Gasteiger partial charge in [-0.1, -0.05) is 5.16 Å². The number of nitrogens with zero attached hydrogens (tertiary/aromatic N) is 5. The Bertz CT molecular complexity index is 905. The van der Waals surface area contributed by atoms with Gasteiger partial charge in [-0.2, -0.15) is 14.4 Å². The fraction of sp³-hybridized carbons (Fsp3) is 0.267. The minimum atomic E-state index is -3.53. The molecule has 0 aliphatic carbocycles. The van der Waals surface area contributed by atoms with Gasteiger partial charge < -0.3 is 4.52 Å². The minimum Gasteiger partial charge on any atom is -0.343 e. The molecule has 1 aliphatic heterocycles. The summed E-state index contributed by atoms with van der Waals surface area (Å²) < 4.78 is 33.5. The third-order valence-electron chi connectivity index (χ3n) is 4.14. The molecule has 3 aromatic rings. The molecule has 1 fully saturated rings. The van der Waals surface area contributed by atoms with Crippen LogP contribution in [0.2, 0.25) is 0 Å². The average molecular weight is 345 g/mol. The van der Waals surface area contributed by atoms with Crippen molar-refractivity contribution in [1.29, 1.82) is 0 Å². The first-order chi connectivity index (χ1) is 11.6. The van der Waals surface area contributed by atoms with Gasteiger partial charge in [0.2, 0.25) is 16.4 Å². The summed E-state index contributed by atoms with van der Waals surface area (Å²) >= 11 is 0. The highest BCUT2D eigenvalue weighted by molar-refractivity contribution is 7.89. The van der Waals surface area contributed by atoms with Gasteiger partial charge in [-0.05, 0) is 36.8 Å². The Balaban J connectivity index is 1.55. The lowest BCUT2D eigenvalue weighted by molar-refractivity contribution is 0.403. The van der Waals surface area contributed by atoms with E-state index in [0.717, 1.165) is 5.69 Å². The molecule has 0 N–H and O–H groups in total. The van der Waals surface area contributed by atoms with E-state index >= 15 is 0 Å². The predicted octanol–water partition coefficient (Wildman–Crippen LogP) is 1.43. The molecule has 0 bridgehead atoms. The molecule has 3 heterocycles. The van der Waals surface area contributed by atoms with Crippen molar-refractivity contribution in [1.82, 2.24) is 24.2 Å². The van der Waals surface area contributed by atoms with Gasteiger partial charge in [-0.15, -0.1) is 0 Å². The first-order valence-corrected chi connectivity index (χ1v) is 8.95. The van der Waals surface area contributed by atoms with Gasteiger partial charge in [-0.25, -0.2) is 13.1 Å². The van der Waals surface area contributed by atoms with Gasteiger partial charge >= 0.3 is 0 Å². The molecule has 1 atom stereocenters. The Morgan fingerprint density at radius 1 is 1.21 bits per heavy atom. The Hall–Kier alpha value is -2.52. The van der Waals surface area contributed by atoms with Crippen LogP contribution in [0, 0.1) is 0 Å². The van der Waals surface area contributed by atoms with Gasteiger partial charge in [0.05, 0.1) is 10.6 Å². The van der Waals surface area contributed by atoms with E-state index in [1.807, 2.05) is 6.07 Å². The van der Waals surface area contributed by atoms with Crippen molar-refractivity contribution in [3.8, 4) is 5.69 Å². The predicted molar refractivity (Wildman–Crippen MR) is 84.0 cm³/mol. The van der Waals surface area contributed by atoms with E-state index in [0.29, 0.717) is 25.3 Å². The lowest BCUT2D eigenvalue weighted by Crippen LogP contribution is -2.28. The van der Waals surface area contributed by atoms with Gasteiger partial charge in [-0.3, -0.25) is 0 Å². The van der Waals surface area contributed by atoms with E-state index in [1.165, 1.54) is 10.7 Å². The molecule has 0 saturated carbocycles. The fourth-order valence-corrected chi connectivity index (χ4v) is 4.36. The minimum absolute atomic E-state index is 0.0260. The van der Waals surface area contributed by atoms with Crippen molar-refractivity contribution in [2.45, 2.75) is 17.2 Å². The molecule has 1 aliphatic rings. The molecule has 124 valence electrons. The second-order valence-electron chi connectivity index (χ2n) is 5.58. The summed E-state index contributed by atoms with van der Waals surface area (Å²) in [6.45, 7) is 0.811. The monoisotopic (exact) mass is 345 g/mol. The van der Waals surface area contributed by atoms with Crippen LogP contribution in [-0.2, 0) is 10.0 Å². The summed E-state index contributed by atoms with van der Waals surface area (Å²) in [5, 5.41) is 7.94. The second-order valence-corrected chi connectivity index (χ2v) is 7.52.